The van der Waals surface area contributed by atoms with Gasteiger partial charge in [0.05, 0.1) is 12.8 Å². The van der Waals surface area contributed by atoms with Crippen LogP contribution in [0.5, 0.6) is 0 Å². The molecule has 0 aliphatic heterocycles. The molecular weight excluding hydrogens is 268 g/mol. The first kappa shape index (κ1) is 15.0. The van der Waals surface area contributed by atoms with Gasteiger partial charge in [-0.2, -0.15) is 5.10 Å². The van der Waals surface area contributed by atoms with Gasteiger partial charge in [-0.05, 0) is 25.0 Å². The number of carbonyl (C=O) groups excluding carboxylic acids is 1. The lowest BCUT2D eigenvalue weighted by molar-refractivity contribution is -0.145. The van der Waals surface area contributed by atoms with Crippen molar-refractivity contribution in [1.29, 1.82) is 0 Å². The Hall–Kier alpha value is -2.43. The summed E-state index contributed by atoms with van der Waals surface area (Å²) in [6, 6.07) is 10.2. The number of carbonyl (C=O) groups is 1. The predicted molar refractivity (Wildman–Crippen MR) is 80.0 cm³/mol. The zero-order valence-corrected chi connectivity index (χ0v) is 12.4. The second kappa shape index (κ2) is 6.35. The molecule has 0 aliphatic carbocycles. The Morgan fingerprint density at radius 2 is 2.00 bits per heavy atom. The minimum atomic E-state index is -0.702. The summed E-state index contributed by atoms with van der Waals surface area (Å²) in [6.07, 6.45) is 0.441. The van der Waals surface area contributed by atoms with E-state index in [9.17, 15) is 9.59 Å². The summed E-state index contributed by atoms with van der Waals surface area (Å²) in [5.74, 6) is -0.464. The highest BCUT2D eigenvalue weighted by Crippen LogP contribution is 2.20. The molecule has 0 N–H and O–H groups in total. The molecule has 0 radical (unpaired) electrons. The number of benzene rings is 1. The number of esters is 1. The van der Waals surface area contributed by atoms with Gasteiger partial charge in [-0.3, -0.25) is 4.79 Å². The fourth-order valence-electron chi connectivity index (χ4n) is 2.23. The Balaban J connectivity index is 2.54. The van der Waals surface area contributed by atoms with E-state index in [0.717, 1.165) is 11.1 Å². The highest BCUT2D eigenvalue weighted by molar-refractivity contribution is 5.74. The van der Waals surface area contributed by atoms with E-state index in [4.69, 9.17) is 4.74 Å². The molecule has 0 bridgehead atoms. The van der Waals surface area contributed by atoms with Crippen molar-refractivity contribution in [3.05, 3.63) is 52.3 Å². The molecule has 1 aromatic carbocycles. The average Bonchev–Trinajstić information content (AvgIpc) is 2.50. The van der Waals surface area contributed by atoms with Crippen LogP contribution in [0, 0.1) is 6.92 Å². The minimum absolute atomic E-state index is 0.315. The van der Waals surface area contributed by atoms with E-state index in [-0.39, 0.29) is 5.56 Å². The van der Waals surface area contributed by atoms with E-state index in [2.05, 4.69) is 5.10 Å². The molecule has 5 heteroatoms. The quantitative estimate of drug-likeness (QED) is 0.809. The van der Waals surface area contributed by atoms with Gasteiger partial charge in [-0.15, -0.1) is 0 Å². The fourth-order valence-corrected chi connectivity index (χ4v) is 2.23. The second-order valence-electron chi connectivity index (χ2n) is 4.76. The molecule has 2 aromatic rings. The number of aromatic nitrogens is 2. The van der Waals surface area contributed by atoms with Crippen molar-refractivity contribution >= 4 is 5.97 Å². The smallest absolute Gasteiger partial charge is 0.330 e. The van der Waals surface area contributed by atoms with Crippen molar-refractivity contribution < 1.29 is 9.53 Å². The highest BCUT2D eigenvalue weighted by Gasteiger charge is 2.21. The van der Waals surface area contributed by atoms with Crippen LogP contribution in [0.25, 0.3) is 11.3 Å². The van der Waals surface area contributed by atoms with Gasteiger partial charge in [0.2, 0.25) is 0 Å². The molecule has 1 heterocycles. The van der Waals surface area contributed by atoms with Gasteiger partial charge in [-0.1, -0.05) is 31.2 Å². The number of ether oxygens (including phenoxy) is 1. The third-order valence-corrected chi connectivity index (χ3v) is 3.40. The molecule has 0 spiro atoms. The van der Waals surface area contributed by atoms with Crippen LogP contribution in [0.1, 0.15) is 24.9 Å². The summed E-state index contributed by atoms with van der Waals surface area (Å²) in [6.45, 7) is 3.79. The SMILES string of the molecule is CC[C@@H](C(=O)OC)n1nc(-c2ccccc2C)ccc1=O. The summed E-state index contributed by atoms with van der Waals surface area (Å²) in [4.78, 5) is 23.8. The van der Waals surface area contributed by atoms with Gasteiger partial charge in [0.25, 0.3) is 5.56 Å². The molecule has 5 nitrogen and oxygen atoms in total. The third-order valence-electron chi connectivity index (χ3n) is 3.40. The van der Waals surface area contributed by atoms with E-state index in [1.54, 1.807) is 6.07 Å². The highest BCUT2D eigenvalue weighted by atomic mass is 16.5. The van der Waals surface area contributed by atoms with Crippen LogP contribution in [0.3, 0.4) is 0 Å². The zero-order chi connectivity index (χ0) is 15.4. The predicted octanol–water partition coefficient (Wildman–Crippen LogP) is 2.34. The Bertz CT molecular complexity index is 707. The first-order valence-electron chi connectivity index (χ1n) is 6.82. The van der Waals surface area contributed by atoms with Gasteiger partial charge in [-0.25, -0.2) is 9.48 Å². The maximum atomic E-state index is 12.0. The maximum Gasteiger partial charge on any atom is 0.330 e. The van der Waals surface area contributed by atoms with Gasteiger partial charge in [0.1, 0.15) is 0 Å². The molecule has 110 valence electrons. The Kier molecular flexibility index (Phi) is 4.52. The molecule has 0 unspecified atom stereocenters. The lowest BCUT2D eigenvalue weighted by atomic mass is 10.1. The molecule has 1 atom stereocenters. The van der Waals surface area contributed by atoms with E-state index < -0.39 is 12.0 Å². The van der Waals surface area contributed by atoms with Crippen molar-refractivity contribution in [2.24, 2.45) is 0 Å². The molecule has 1 aromatic heterocycles. The number of methoxy groups -OCH3 is 1. The van der Waals surface area contributed by atoms with Crippen molar-refractivity contribution in [2.75, 3.05) is 7.11 Å². The Morgan fingerprint density at radius 1 is 1.29 bits per heavy atom. The number of hydrogen-bond acceptors (Lipinski definition) is 4. The first-order chi connectivity index (χ1) is 10.1. The van der Waals surface area contributed by atoms with Crippen molar-refractivity contribution in [3.8, 4) is 11.3 Å². The summed E-state index contributed by atoms with van der Waals surface area (Å²) in [5.41, 5.74) is 2.34. The Labute approximate surface area is 123 Å². The van der Waals surface area contributed by atoms with Crippen molar-refractivity contribution in [1.82, 2.24) is 9.78 Å². The lowest BCUT2D eigenvalue weighted by Gasteiger charge is -2.15. The number of rotatable bonds is 4. The summed E-state index contributed by atoms with van der Waals surface area (Å²) in [5, 5.41) is 4.35. The number of nitrogens with zero attached hydrogens (tertiary/aromatic N) is 2. The average molecular weight is 286 g/mol. The Morgan fingerprint density at radius 3 is 2.62 bits per heavy atom. The summed E-state index contributed by atoms with van der Waals surface area (Å²) >= 11 is 0. The molecule has 2 rings (SSSR count). The van der Waals surface area contributed by atoms with Crippen LogP contribution in [0.15, 0.2) is 41.2 Å². The molecule has 21 heavy (non-hydrogen) atoms. The van der Waals surface area contributed by atoms with Crippen molar-refractivity contribution in [2.45, 2.75) is 26.3 Å². The lowest BCUT2D eigenvalue weighted by Crippen LogP contribution is -2.32. The molecule has 0 amide bonds. The third kappa shape index (κ3) is 3.02. The van der Waals surface area contributed by atoms with Gasteiger partial charge in [0, 0.05) is 11.6 Å². The maximum absolute atomic E-state index is 12.0. The fraction of sp³-hybridized carbons (Fsp3) is 0.312. The number of aryl methyl sites for hydroxylation is 1. The van der Waals surface area contributed by atoms with E-state index in [1.807, 2.05) is 38.1 Å². The molecule has 0 saturated heterocycles. The molecular formula is C16H18N2O3. The largest absolute Gasteiger partial charge is 0.467 e. The van der Waals surface area contributed by atoms with Crippen LogP contribution < -0.4 is 5.56 Å². The van der Waals surface area contributed by atoms with Gasteiger partial charge in [0.15, 0.2) is 6.04 Å². The molecule has 0 fully saturated rings. The van der Waals surface area contributed by atoms with Gasteiger partial charge >= 0.3 is 5.97 Å². The molecule has 0 aliphatic rings. The standard InChI is InChI=1S/C16H18N2O3/c1-4-14(16(20)21-3)18-15(19)10-9-13(17-18)12-8-6-5-7-11(12)2/h5-10,14H,4H2,1-3H3/t14-/m0/s1. The van der Waals surface area contributed by atoms with Crippen LogP contribution in [0.2, 0.25) is 0 Å². The monoisotopic (exact) mass is 286 g/mol. The minimum Gasteiger partial charge on any atom is -0.467 e. The zero-order valence-electron chi connectivity index (χ0n) is 12.4. The van der Waals surface area contributed by atoms with Crippen LogP contribution in [-0.4, -0.2) is 22.9 Å². The number of hydrogen-bond donors (Lipinski definition) is 0. The van der Waals surface area contributed by atoms with Crippen LogP contribution in [-0.2, 0) is 9.53 Å². The molecule has 0 saturated carbocycles. The second-order valence-corrected chi connectivity index (χ2v) is 4.76. The normalized spacial score (nSPS) is 12.0. The van der Waals surface area contributed by atoms with Crippen LogP contribution in [0.4, 0.5) is 0 Å². The summed E-state index contributed by atoms with van der Waals surface area (Å²) in [7, 11) is 1.31. The van der Waals surface area contributed by atoms with Crippen molar-refractivity contribution in [3.63, 3.8) is 0 Å². The van der Waals surface area contributed by atoms with Gasteiger partial charge < -0.3 is 4.74 Å². The van der Waals surface area contributed by atoms with Crippen LogP contribution >= 0.6 is 0 Å². The first-order valence-corrected chi connectivity index (χ1v) is 6.82. The van der Waals surface area contributed by atoms with E-state index >= 15 is 0 Å². The van der Waals surface area contributed by atoms with E-state index in [1.165, 1.54) is 17.9 Å². The topological polar surface area (TPSA) is 61.2 Å². The summed E-state index contributed by atoms with van der Waals surface area (Å²) < 4.78 is 5.95. The van der Waals surface area contributed by atoms with E-state index in [0.29, 0.717) is 12.1 Å².